The third-order valence-electron chi connectivity index (χ3n) is 4.09. The van der Waals surface area contributed by atoms with Crippen molar-refractivity contribution in [1.29, 1.82) is 0 Å². The van der Waals surface area contributed by atoms with Crippen molar-refractivity contribution < 1.29 is 33.4 Å². The molecule has 0 aliphatic carbocycles. The molecule has 2 atom stereocenters. The van der Waals surface area contributed by atoms with Crippen LogP contribution >= 0.6 is 0 Å². The van der Waals surface area contributed by atoms with Gasteiger partial charge in [0.25, 0.3) is 0 Å². The lowest BCUT2D eigenvalue weighted by atomic mass is 10.0. The quantitative estimate of drug-likeness (QED) is 0.400. The van der Waals surface area contributed by atoms with Crippen molar-refractivity contribution in [3.8, 4) is 0 Å². The van der Waals surface area contributed by atoms with Crippen molar-refractivity contribution in [2.75, 3.05) is 14.2 Å². The zero-order valence-corrected chi connectivity index (χ0v) is 16.7. The number of hydrogen-bond donors (Lipinski definition) is 2. The van der Waals surface area contributed by atoms with Gasteiger partial charge in [-0.3, -0.25) is 14.4 Å². The number of ether oxygens (including phenoxy) is 2. The molecule has 1 aromatic carbocycles. The molecule has 0 aromatic heterocycles. The highest BCUT2D eigenvalue weighted by Crippen LogP contribution is 2.08. The molecular formula is C20H26N2O7. The van der Waals surface area contributed by atoms with E-state index in [9.17, 15) is 24.0 Å². The van der Waals surface area contributed by atoms with Crippen molar-refractivity contribution in [2.24, 2.45) is 0 Å². The molecular weight excluding hydrogens is 380 g/mol. The third-order valence-corrected chi connectivity index (χ3v) is 4.09. The Morgan fingerprint density at radius 1 is 0.931 bits per heavy atom. The fourth-order valence-corrected chi connectivity index (χ4v) is 2.65. The normalized spacial score (nSPS) is 12.2. The van der Waals surface area contributed by atoms with Gasteiger partial charge in [0.05, 0.1) is 14.2 Å². The van der Waals surface area contributed by atoms with Gasteiger partial charge in [-0.25, -0.2) is 9.59 Å². The lowest BCUT2D eigenvalue weighted by molar-refractivity contribution is -0.151. The number of benzene rings is 1. The summed E-state index contributed by atoms with van der Waals surface area (Å²) in [6.07, 6.45) is 0.354. The Bertz CT molecular complexity index is 734. The van der Waals surface area contributed by atoms with Gasteiger partial charge in [-0.15, -0.1) is 0 Å². The minimum absolute atomic E-state index is 0.0826. The van der Waals surface area contributed by atoms with Gasteiger partial charge in [0.2, 0.25) is 17.6 Å². The summed E-state index contributed by atoms with van der Waals surface area (Å²) in [5.41, 5.74) is 0.833. The smallest absolute Gasteiger partial charge is 0.374 e. The molecule has 158 valence electrons. The summed E-state index contributed by atoms with van der Waals surface area (Å²) < 4.78 is 9.04. The van der Waals surface area contributed by atoms with Crippen LogP contribution in [0.5, 0.6) is 0 Å². The molecule has 0 spiro atoms. The molecule has 0 fully saturated rings. The Labute approximate surface area is 169 Å². The second-order valence-electron chi connectivity index (χ2n) is 6.33. The number of hydrogen-bond acceptors (Lipinski definition) is 7. The van der Waals surface area contributed by atoms with E-state index in [1.807, 2.05) is 30.3 Å². The Kier molecular flexibility index (Phi) is 10.1. The highest BCUT2D eigenvalue weighted by atomic mass is 16.5. The fourth-order valence-electron chi connectivity index (χ4n) is 2.65. The van der Waals surface area contributed by atoms with Crippen LogP contribution in [0.25, 0.3) is 0 Å². The number of amides is 2. The topological polar surface area (TPSA) is 128 Å². The minimum Gasteiger partial charge on any atom is -0.467 e. The highest BCUT2D eigenvalue weighted by Gasteiger charge is 2.27. The predicted molar refractivity (Wildman–Crippen MR) is 103 cm³/mol. The largest absolute Gasteiger partial charge is 0.467 e. The Balaban J connectivity index is 2.78. The Morgan fingerprint density at radius 2 is 1.59 bits per heavy atom. The van der Waals surface area contributed by atoms with Crippen molar-refractivity contribution >= 4 is 29.5 Å². The van der Waals surface area contributed by atoms with Crippen LogP contribution in [-0.2, 0) is 39.9 Å². The summed E-state index contributed by atoms with van der Waals surface area (Å²) in [7, 11) is 2.28. The zero-order valence-electron chi connectivity index (χ0n) is 16.7. The summed E-state index contributed by atoms with van der Waals surface area (Å²) in [5, 5.41) is 5.12. The molecule has 2 amide bonds. The van der Waals surface area contributed by atoms with Gasteiger partial charge in [-0.05, 0) is 18.4 Å². The zero-order chi connectivity index (χ0) is 21.8. The number of methoxy groups -OCH3 is 2. The third kappa shape index (κ3) is 8.54. The Morgan fingerprint density at radius 3 is 2.14 bits per heavy atom. The van der Waals surface area contributed by atoms with Crippen LogP contribution in [0.1, 0.15) is 31.7 Å². The van der Waals surface area contributed by atoms with E-state index in [1.54, 1.807) is 0 Å². The van der Waals surface area contributed by atoms with Crippen LogP contribution in [0.4, 0.5) is 0 Å². The van der Waals surface area contributed by atoms with Crippen LogP contribution in [0, 0.1) is 0 Å². The van der Waals surface area contributed by atoms with E-state index < -0.39 is 35.7 Å². The standard InChI is InChI=1S/C20H26N2O7/c1-13(23)21-16(12-14-8-5-4-6-9-14)18(25)22-15(19(26)28-2)10-7-11-17(24)20(27)29-3/h4-6,8-9,15-16H,7,10-12H2,1-3H3,(H,21,23)(H,22,25)/t15-,16-/m0/s1. The number of carbonyl (C=O) groups is 5. The van der Waals surface area contributed by atoms with E-state index in [4.69, 9.17) is 4.74 Å². The first-order valence-corrected chi connectivity index (χ1v) is 9.08. The van der Waals surface area contributed by atoms with Gasteiger partial charge < -0.3 is 20.1 Å². The van der Waals surface area contributed by atoms with Gasteiger partial charge in [-0.2, -0.15) is 0 Å². The monoisotopic (exact) mass is 406 g/mol. The molecule has 2 N–H and O–H groups in total. The SMILES string of the molecule is COC(=O)C(=O)CCC[C@H](NC(=O)[C@H](Cc1ccccc1)NC(C)=O)C(=O)OC. The molecule has 9 nitrogen and oxygen atoms in total. The minimum atomic E-state index is -1.02. The predicted octanol–water partition coefficient (Wildman–Crippen LogP) is 0.304. The maximum Gasteiger partial charge on any atom is 0.374 e. The average Bonchev–Trinajstić information content (AvgIpc) is 2.71. The first kappa shape index (κ1) is 23.8. The van der Waals surface area contributed by atoms with Crippen molar-refractivity contribution in [3.63, 3.8) is 0 Å². The fraction of sp³-hybridized carbons (Fsp3) is 0.450. The van der Waals surface area contributed by atoms with Gasteiger partial charge >= 0.3 is 11.9 Å². The van der Waals surface area contributed by atoms with E-state index in [-0.39, 0.29) is 31.6 Å². The molecule has 1 aromatic rings. The maximum atomic E-state index is 12.7. The van der Waals surface area contributed by atoms with Crippen LogP contribution in [0.15, 0.2) is 30.3 Å². The Hall–Kier alpha value is -3.23. The molecule has 0 aliphatic rings. The lowest BCUT2D eigenvalue weighted by Crippen LogP contribution is -2.52. The number of ketones is 1. The first-order chi connectivity index (χ1) is 13.8. The van der Waals surface area contributed by atoms with E-state index in [2.05, 4.69) is 15.4 Å². The van der Waals surface area contributed by atoms with Crippen LogP contribution in [-0.4, -0.2) is 55.8 Å². The van der Waals surface area contributed by atoms with Crippen molar-refractivity contribution in [3.05, 3.63) is 35.9 Å². The van der Waals surface area contributed by atoms with E-state index in [0.717, 1.165) is 12.7 Å². The number of Topliss-reactive ketones (excluding diaryl/α,β-unsaturated/α-hetero) is 1. The van der Waals surface area contributed by atoms with E-state index in [1.165, 1.54) is 14.0 Å². The summed E-state index contributed by atoms with van der Waals surface area (Å²) in [5.74, 6) is -3.32. The lowest BCUT2D eigenvalue weighted by Gasteiger charge is -2.22. The van der Waals surface area contributed by atoms with Crippen LogP contribution in [0.2, 0.25) is 0 Å². The van der Waals surface area contributed by atoms with Gasteiger partial charge in [0.1, 0.15) is 12.1 Å². The molecule has 0 saturated carbocycles. The number of rotatable bonds is 11. The first-order valence-electron chi connectivity index (χ1n) is 9.08. The molecule has 0 aliphatic heterocycles. The second kappa shape index (κ2) is 12.3. The molecule has 0 bridgehead atoms. The summed E-state index contributed by atoms with van der Waals surface area (Å²) in [6.45, 7) is 1.29. The highest BCUT2D eigenvalue weighted by molar-refractivity contribution is 6.33. The average molecular weight is 406 g/mol. The van der Waals surface area contributed by atoms with Gasteiger partial charge in [0, 0.05) is 19.8 Å². The van der Waals surface area contributed by atoms with Crippen LogP contribution in [0.3, 0.4) is 0 Å². The van der Waals surface area contributed by atoms with Gasteiger partial charge in [0.15, 0.2) is 0 Å². The summed E-state index contributed by atoms with van der Waals surface area (Å²) in [4.78, 5) is 58.9. The summed E-state index contributed by atoms with van der Waals surface area (Å²) in [6, 6.07) is 7.18. The van der Waals surface area contributed by atoms with E-state index >= 15 is 0 Å². The number of esters is 2. The van der Waals surface area contributed by atoms with Crippen molar-refractivity contribution in [2.45, 2.75) is 44.7 Å². The van der Waals surface area contributed by atoms with Gasteiger partial charge in [-0.1, -0.05) is 30.3 Å². The molecule has 0 heterocycles. The number of nitrogens with one attached hydrogen (secondary N) is 2. The maximum absolute atomic E-state index is 12.7. The molecule has 1 rings (SSSR count). The van der Waals surface area contributed by atoms with Crippen molar-refractivity contribution in [1.82, 2.24) is 10.6 Å². The molecule has 29 heavy (non-hydrogen) atoms. The molecule has 0 saturated heterocycles. The molecule has 0 radical (unpaired) electrons. The molecule has 0 unspecified atom stereocenters. The second-order valence-corrected chi connectivity index (χ2v) is 6.33. The summed E-state index contributed by atoms with van der Waals surface area (Å²) >= 11 is 0. The molecule has 9 heteroatoms. The van der Waals surface area contributed by atoms with Crippen LogP contribution < -0.4 is 10.6 Å². The van der Waals surface area contributed by atoms with E-state index in [0.29, 0.717) is 0 Å². The number of carbonyl (C=O) groups excluding carboxylic acids is 5.